The molecule has 0 aromatic rings. The van der Waals surface area contributed by atoms with E-state index < -0.39 is 12.8 Å². The van der Waals surface area contributed by atoms with Crippen LogP contribution in [0.1, 0.15) is 26.7 Å². The molecule has 1 aliphatic carbocycles. The van der Waals surface area contributed by atoms with E-state index in [0.717, 1.165) is 29.7 Å². The fourth-order valence-corrected chi connectivity index (χ4v) is 3.72. The Morgan fingerprint density at radius 3 is 2.70 bits per heavy atom. The number of nitrogens with zero attached hydrogens (tertiary/aromatic N) is 2. The van der Waals surface area contributed by atoms with Crippen LogP contribution in [0.2, 0.25) is 0 Å². The lowest BCUT2D eigenvalue weighted by molar-refractivity contribution is -0.169. The van der Waals surface area contributed by atoms with Gasteiger partial charge in [-0.1, -0.05) is 11.6 Å². The molecule has 3 rings (SSSR count). The van der Waals surface area contributed by atoms with Crippen LogP contribution in [0.3, 0.4) is 0 Å². The Bertz CT molecular complexity index is 856. The minimum atomic E-state index is -4.35. The van der Waals surface area contributed by atoms with E-state index in [1.54, 1.807) is 18.9 Å². The summed E-state index contributed by atoms with van der Waals surface area (Å²) in [4.78, 5) is 6.31. The van der Waals surface area contributed by atoms with Crippen molar-refractivity contribution >= 4 is 5.71 Å². The second-order valence-corrected chi connectivity index (χ2v) is 7.85. The molecule has 8 heteroatoms. The molecule has 1 saturated carbocycles. The normalized spacial score (nSPS) is 22.9. The van der Waals surface area contributed by atoms with Crippen LogP contribution in [0.4, 0.5) is 13.2 Å². The second kappa shape index (κ2) is 9.12. The zero-order chi connectivity index (χ0) is 21.9. The fraction of sp³-hybridized carbons (Fsp3) is 0.500. The van der Waals surface area contributed by atoms with Crippen LogP contribution in [-0.2, 0) is 4.74 Å². The topological polar surface area (TPSA) is 48.9 Å². The van der Waals surface area contributed by atoms with Gasteiger partial charge in [-0.25, -0.2) is 0 Å². The highest BCUT2D eigenvalue weighted by Crippen LogP contribution is 2.34. The van der Waals surface area contributed by atoms with E-state index in [4.69, 9.17) is 4.74 Å². The van der Waals surface area contributed by atoms with Gasteiger partial charge in [0.1, 0.15) is 0 Å². The van der Waals surface area contributed by atoms with Crippen LogP contribution in [0.15, 0.2) is 63.3 Å². The van der Waals surface area contributed by atoms with E-state index in [0.29, 0.717) is 18.7 Å². The predicted molar refractivity (Wildman–Crippen MR) is 113 cm³/mol. The smallest absolute Gasteiger partial charge is 0.422 e. The summed E-state index contributed by atoms with van der Waals surface area (Å²) >= 11 is 0. The van der Waals surface area contributed by atoms with Crippen molar-refractivity contribution in [2.24, 2.45) is 4.99 Å². The Morgan fingerprint density at radius 2 is 2.10 bits per heavy atom. The first-order chi connectivity index (χ1) is 14.2. The molecule has 0 radical (unpaired) electrons. The van der Waals surface area contributed by atoms with Gasteiger partial charge < -0.3 is 20.3 Å². The van der Waals surface area contributed by atoms with Crippen molar-refractivity contribution < 1.29 is 17.9 Å². The molecule has 3 aliphatic rings. The molecule has 0 aromatic heterocycles. The van der Waals surface area contributed by atoms with E-state index in [1.807, 2.05) is 31.6 Å². The first kappa shape index (κ1) is 22.2. The maximum Gasteiger partial charge on any atom is 0.422 e. The second-order valence-electron chi connectivity index (χ2n) is 7.85. The number of halogens is 3. The number of alkyl halides is 3. The Balaban J connectivity index is 1.69. The first-order valence-corrected chi connectivity index (χ1v) is 10.0. The van der Waals surface area contributed by atoms with Crippen molar-refractivity contribution in [3.05, 3.63) is 58.3 Å². The van der Waals surface area contributed by atoms with E-state index in [9.17, 15) is 13.2 Å². The molecule has 1 fully saturated rings. The molecule has 0 aromatic carbocycles. The summed E-state index contributed by atoms with van der Waals surface area (Å²) in [5.41, 5.74) is 6.54. The van der Waals surface area contributed by atoms with Gasteiger partial charge in [-0.3, -0.25) is 4.99 Å². The summed E-state index contributed by atoms with van der Waals surface area (Å²) in [5.74, 6) is 0.267. The molecule has 0 saturated heterocycles. The quantitative estimate of drug-likeness (QED) is 0.655. The molecule has 1 unspecified atom stereocenters. The van der Waals surface area contributed by atoms with Crippen molar-refractivity contribution in [3.8, 4) is 0 Å². The van der Waals surface area contributed by atoms with Crippen molar-refractivity contribution in [2.45, 2.75) is 38.9 Å². The number of likely N-dealkylation sites (N-methyl/N-ethyl adjacent to an activating group) is 2. The average molecular weight is 422 g/mol. The molecule has 164 valence electrons. The number of nitrogens with one attached hydrogen (secondary N) is 2. The van der Waals surface area contributed by atoms with Crippen LogP contribution in [0.5, 0.6) is 0 Å². The summed E-state index contributed by atoms with van der Waals surface area (Å²) in [6.45, 7) is 3.68. The van der Waals surface area contributed by atoms with Gasteiger partial charge in [-0.05, 0) is 51.0 Å². The third-order valence-corrected chi connectivity index (χ3v) is 5.29. The lowest BCUT2D eigenvalue weighted by Crippen LogP contribution is -2.34. The van der Waals surface area contributed by atoms with Gasteiger partial charge in [0.25, 0.3) is 0 Å². The highest BCUT2D eigenvalue weighted by molar-refractivity contribution is 6.14. The van der Waals surface area contributed by atoms with E-state index in [1.165, 1.54) is 11.1 Å². The number of ether oxygens (including phenoxy) is 1. The predicted octanol–water partition coefficient (Wildman–Crippen LogP) is 3.81. The van der Waals surface area contributed by atoms with Crippen molar-refractivity contribution in [1.82, 2.24) is 15.5 Å². The van der Waals surface area contributed by atoms with Gasteiger partial charge >= 0.3 is 6.18 Å². The van der Waals surface area contributed by atoms with E-state index >= 15 is 0 Å². The monoisotopic (exact) mass is 422 g/mol. The first-order valence-electron chi connectivity index (χ1n) is 10.0. The molecular formula is C22H29F3N4O. The maximum absolute atomic E-state index is 12.5. The van der Waals surface area contributed by atoms with Gasteiger partial charge in [-0.15, -0.1) is 0 Å². The number of rotatable bonds is 7. The van der Waals surface area contributed by atoms with Gasteiger partial charge in [0.15, 0.2) is 12.5 Å². The van der Waals surface area contributed by atoms with Gasteiger partial charge in [-0.2, -0.15) is 13.2 Å². The fourth-order valence-electron chi connectivity index (χ4n) is 3.72. The van der Waals surface area contributed by atoms with Crippen molar-refractivity contribution in [3.63, 3.8) is 0 Å². The molecule has 30 heavy (non-hydrogen) atoms. The highest BCUT2D eigenvalue weighted by Gasteiger charge is 2.30. The molecule has 5 nitrogen and oxygen atoms in total. The summed E-state index contributed by atoms with van der Waals surface area (Å²) < 4.78 is 42.4. The minimum absolute atomic E-state index is 0.0753. The van der Waals surface area contributed by atoms with Gasteiger partial charge in [0.05, 0.1) is 11.8 Å². The molecule has 1 atom stereocenters. The standard InChI is InChI=1S/C22H29F3N4O/c1-14-9-16(12-29(4)21(14)30-13-22(23,24)25)10-27-11-18-19(26-3)7-8-28-20(18)15(2)17-5-6-17/h7-9,11,19,26-27H,5-6,10,12-13H2,1-4H3/b18-11+. The number of aliphatic imine (C=N–C) groups is 1. The van der Waals surface area contributed by atoms with Crippen LogP contribution >= 0.6 is 0 Å². The molecule has 2 aliphatic heterocycles. The van der Waals surface area contributed by atoms with E-state index in [2.05, 4.69) is 22.5 Å². The number of hydrogen-bond acceptors (Lipinski definition) is 5. The molecular weight excluding hydrogens is 393 g/mol. The number of allylic oxidation sites excluding steroid dienone is 4. The van der Waals surface area contributed by atoms with Crippen LogP contribution in [-0.4, -0.2) is 56.6 Å². The van der Waals surface area contributed by atoms with Crippen LogP contribution in [0, 0.1) is 0 Å². The third kappa shape index (κ3) is 5.56. The Kier molecular flexibility index (Phi) is 6.75. The lowest BCUT2D eigenvalue weighted by atomic mass is 9.95. The summed E-state index contributed by atoms with van der Waals surface area (Å²) in [7, 11) is 3.65. The third-order valence-electron chi connectivity index (χ3n) is 5.29. The summed E-state index contributed by atoms with van der Waals surface area (Å²) in [6, 6.07) is 0.0753. The molecule has 2 N–H and O–H groups in total. The highest BCUT2D eigenvalue weighted by atomic mass is 19.4. The summed E-state index contributed by atoms with van der Waals surface area (Å²) in [6.07, 6.45) is 5.68. The Morgan fingerprint density at radius 1 is 1.37 bits per heavy atom. The zero-order valence-corrected chi connectivity index (χ0v) is 17.9. The zero-order valence-electron chi connectivity index (χ0n) is 17.9. The average Bonchev–Trinajstić information content (AvgIpc) is 3.51. The molecule has 0 spiro atoms. The summed E-state index contributed by atoms with van der Waals surface area (Å²) in [5, 5.41) is 6.66. The largest absolute Gasteiger partial charge is 0.469 e. The van der Waals surface area contributed by atoms with Crippen molar-refractivity contribution in [2.75, 3.05) is 33.8 Å². The molecule has 0 amide bonds. The molecule has 0 bridgehead atoms. The lowest BCUT2D eigenvalue weighted by Gasteiger charge is -2.29. The SMILES string of the molecule is CNC1C=CN=C(C(C)=C2CC2)/C1=C/NCC1=CC(C)=C(OCC(F)(F)F)N(C)C1. The van der Waals surface area contributed by atoms with Gasteiger partial charge in [0, 0.05) is 43.7 Å². The maximum atomic E-state index is 12.5. The van der Waals surface area contributed by atoms with Crippen molar-refractivity contribution in [1.29, 1.82) is 0 Å². The Labute approximate surface area is 175 Å². The Hall–Kier alpha value is -2.48. The number of hydrogen-bond donors (Lipinski definition) is 2. The van der Waals surface area contributed by atoms with Gasteiger partial charge in [0.2, 0.25) is 0 Å². The van der Waals surface area contributed by atoms with Crippen LogP contribution in [0.25, 0.3) is 0 Å². The molecule has 2 heterocycles. The van der Waals surface area contributed by atoms with E-state index in [-0.39, 0.29) is 11.9 Å². The van der Waals surface area contributed by atoms with Crippen LogP contribution < -0.4 is 10.6 Å². The minimum Gasteiger partial charge on any atom is -0.469 e.